The standard InChI is InChI=1S/C22H32N2O3/c1-26-20-9-6-16(21(13-20)27-19-4-2-3-5-19)14-23-22(25)12-15-10-17-7-8-18(11-15)24-17/h6,9,13,15,17-19,24H,2-5,7-8,10-12,14H2,1H3,(H,23,25). The van der Waals surface area contributed by atoms with E-state index in [1.807, 2.05) is 18.2 Å². The van der Waals surface area contributed by atoms with Gasteiger partial charge in [-0.3, -0.25) is 4.79 Å². The molecule has 2 atom stereocenters. The third kappa shape index (κ3) is 4.75. The van der Waals surface area contributed by atoms with E-state index in [0.29, 0.717) is 31.0 Å². The molecule has 2 N–H and O–H groups in total. The summed E-state index contributed by atoms with van der Waals surface area (Å²) in [5.41, 5.74) is 1.03. The second kappa shape index (κ2) is 8.51. The zero-order chi connectivity index (χ0) is 18.6. The molecule has 2 unspecified atom stereocenters. The van der Waals surface area contributed by atoms with Crippen LogP contribution in [-0.2, 0) is 11.3 Å². The van der Waals surface area contributed by atoms with E-state index >= 15 is 0 Å². The van der Waals surface area contributed by atoms with Gasteiger partial charge in [0.05, 0.1) is 13.2 Å². The number of carbonyl (C=O) groups excluding carboxylic acids is 1. The molecular weight excluding hydrogens is 340 g/mol. The number of amides is 1. The molecule has 1 aromatic rings. The molecule has 1 aliphatic carbocycles. The first-order valence-corrected chi connectivity index (χ1v) is 10.6. The Morgan fingerprint density at radius 1 is 1.15 bits per heavy atom. The summed E-state index contributed by atoms with van der Waals surface area (Å²) in [5.74, 6) is 2.32. The first-order valence-electron chi connectivity index (χ1n) is 10.6. The molecule has 2 heterocycles. The Morgan fingerprint density at radius 2 is 1.89 bits per heavy atom. The molecule has 5 heteroatoms. The predicted octanol–water partition coefficient (Wildman–Crippen LogP) is 3.55. The van der Waals surface area contributed by atoms with Gasteiger partial charge in [0.2, 0.25) is 5.91 Å². The number of piperidine rings is 1. The fourth-order valence-electron chi connectivity index (χ4n) is 4.97. The third-order valence-corrected chi connectivity index (χ3v) is 6.39. The van der Waals surface area contributed by atoms with Crippen LogP contribution < -0.4 is 20.1 Å². The molecule has 3 fully saturated rings. The molecule has 2 aliphatic heterocycles. The lowest BCUT2D eigenvalue weighted by Crippen LogP contribution is -2.39. The average molecular weight is 373 g/mol. The molecule has 0 aromatic heterocycles. The highest BCUT2D eigenvalue weighted by molar-refractivity contribution is 5.76. The van der Waals surface area contributed by atoms with Crippen molar-refractivity contribution < 1.29 is 14.3 Å². The lowest BCUT2D eigenvalue weighted by molar-refractivity contribution is -0.122. The average Bonchev–Trinajstić information content (AvgIpc) is 3.30. The normalized spacial score (nSPS) is 27.5. The Kier molecular flexibility index (Phi) is 5.86. The summed E-state index contributed by atoms with van der Waals surface area (Å²) in [5, 5.41) is 6.76. The van der Waals surface area contributed by atoms with Gasteiger partial charge in [0, 0.05) is 36.7 Å². The highest BCUT2D eigenvalue weighted by Crippen LogP contribution is 2.33. The summed E-state index contributed by atoms with van der Waals surface area (Å²) in [6, 6.07) is 7.16. The van der Waals surface area contributed by atoms with E-state index < -0.39 is 0 Å². The minimum absolute atomic E-state index is 0.156. The van der Waals surface area contributed by atoms with Crippen LogP contribution >= 0.6 is 0 Å². The summed E-state index contributed by atoms with van der Waals surface area (Å²) in [6.07, 6.45) is 10.5. The van der Waals surface area contributed by atoms with E-state index in [-0.39, 0.29) is 12.0 Å². The minimum Gasteiger partial charge on any atom is -0.497 e. The van der Waals surface area contributed by atoms with Crippen LogP contribution in [0.25, 0.3) is 0 Å². The Hall–Kier alpha value is -1.75. The van der Waals surface area contributed by atoms with Crippen molar-refractivity contribution in [1.82, 2.24) is 10.6 Å². The van der Waals surface area contributed by atoms with Crippen molar-refractivity contribution in [3.63, 3.8) is 0 Å². The Labute approximate surface area is 162 Å². The van der Waals surface area contributed by atoms with Crippen molar-refractivity contribution in [2.45, 2.75) is 82.5 Å². The van der Waals surface area contributed by atoms with Gasteiger partial charge in [-0.2, -0.15) is 0 Å². The van der Waals surface area contributed by atoms with Gasteiger partial charge < -0.3 is 20.1 Å². The molecule has 0 radical (unpaired) electrons. The maximum Gasteiger partial charge on any atom is 0.220 e. The van der Waals surface area contributed by atoms with Crippen molar-refractivity contribution >= 4 is 5.91 Å². The molecule has 27 heavy (non-hydrogen) atoms. The number of hydrogen-bond acceptors (Lipinski definition) is 4. The summed E-state index contributed by atoms with van der Waals surface area (Å²) < 4.78 is 11.6. The summed E-state index contributed by atoms with van der Waals surface area (Å²) in [7, 11) is 1.67. The molecule has 148 valence electrons. The van der Waals surface area contributed by atoms with Crippen LogP contribution in [0.2, 0.25) is 0 Å². The van der Waals surface area contributed by atoms with Gasteiger partial charge in [-0.05, 0) is 69.4 Å². The SMILES string of the molecule is COc1ccc(CNC(=O)CC2CC3CCC(C2)N3)c(OC2CCCC2)c1. The smallest absolute Gasteiger partial charge is 0.220 e. The van der Waals surface area contributed by atoms with Crippen LogP contribution in [0, 0.1) is 5.92 Å². The Balaban J connectivity index is 1.33. The molecular formula is C22H32N2O3. The number of carbonyl (C=O) groups is 1. The van der Waals surface area contributed by atoms with Gasteiger partial charge >= 0.3 is 0 Å². The fourth-order valence-corrected chi connectivity index (χ4v) is 4.97. The second-order valence-corrected chi connectivity index (χ2v) is 8.45. The van der Waals surface area contributed by atoms with E-state index in [4.69, 9.17) is 9.47 Å². The maximum atomic E-state index is 12.5. The Morgan fingerprint density at radius 3 is 2.59 bits per heavy atom. The molecule has 1 saturated carbocycles. The van der Waals surface area contributed by atoms with Gasteiger partial charge in [-0.15, -0.1) is 0 Å². The lowest BCUT2D eigenvalue weighted by Gasteiger charge is -2.28. The molecule has 4 rings (SSSR count). The van der Waals surface area contributed by atoms with Crippen LogP contribution in [0.4, 0.5) is 0 Å². The van der Waals surface area contributed by atoms with Gasteiger partial charge in [-0.25, -0.2) is 0 Å². The van der Waals surface area contributed by atoms with E-state index in [2.05, 4.69) is 10.6 Å². The quantitative estimate of drug-likeness (QED) is 0.768. The number of hydrogen-bond donors (Lipinski definition) is 2. The highest BCUT2D eigenvalue weighted by atomic mass is 16.5. The maximum absolute atomic E-state index is 12.5. The molecule has 1 amide bonds. The third-order valence-electron chi connectivity index (χ3n) is 6.39. The largest absolute Gasteiger partial charge is 0.497 e. The number of nitrogens with one attached hydrogen (secondary N) is 2. The number of fused-ring (bicyclic) bond motifs is 2. The molecule has 2 bridgehead atoms. The van der Waals surface area contributed by atoms with Gasteiger partial charge in [0.25, 0.3) is 0 Å². The van der Waals surface area contributed by atoms with Gasteiger partial charge in [0.15, 0.2) is 0 Å². The fraction of sp³-hybridized carbons (Fsp3) is 0.682. The predicted molar refractivity (Wildman–Crippen MR) is 105 cm³/mol. The minimum atomic E-state index is 0.156. The highest BCUT2D eigenvalue weighted by Gasteiger charge is 2.34. The van der Waals surface area contributed by atoms with Crippen molar-refractivity contribution in [2.75, 3.05) is 7.11 Å². The van der Waals surface area contributed by atoms with Crippen LogP contribution in [0.1, 0.15) is 63.4 Å². The number of methoxy groups -OCH3 is 1. The molecule has 3 aliphatic rings. The van der Waals surface area contributed by atoms with Crippen LogP contribution in [0.15, 0.2) is 18.2 Å². The number of benzene rings is 1. The van der Waals surface area contributed by atoms with Crippen molar-refractivity contribution in [2.24, 2.45) is 5.92 Å². The summed E-state index contributed by atoms with van der Waals surface area (Å²) in [4.78, 5) is 12.5. The van der Waals surface area contributed by atoms with E-state index in [1.165, 1.54) is 25.7 Å². The molecule has 5 nitrogen and oxygen atoms in total. The zero-order valence-electron chi connectivity index (χ0n) is 16.3. The van der Waals surface area contributed by atoms with E-state index in [0.717, 1.165) is 42.7 Å². The van der Waals surface area contributed by atoms with E-state index in [9.17, 15) is 4.79 Å². The molecule has 1 aromatic carbocycles. The monoisotopic (exact) mass is 372 g/mol. The van der Waals surface area contributed by atoms with Crippen LogP contribution in [0.5, 0.6) is 11.5 Å². The van der Waals surface area contributed by atoms with Crippen molar-refractivity contribution in [1.29, 1.82) is 0 Å². The number of ether oxygens (including phenoxy) is 2. The van der Waals surface area contributed by atoms with E-state index in [1.54, 1.807) is 7.11 Å². The Bertz CT molecular complexity index is 645. The topological polar surface area (TPSA) is 59.6 Å². The number of rotatable bonds is 7. The summed E-state index contributed by atoms with van der Waals surface area (Å²) in [6.45, 7) is 0.517. The van der Waals surface area contributed by atoms with Crippen LogP contribution in [-0.4, -0.2) is 31.2 Å². The van der Waals surface area contributed by atoms with Crippen LogP contribution in [0.3, 0.4) is 0 Å². The zero-order valence-corrected chi connectivity index (χ0v) is 16.3. The lowest BCUT2D eigenvalue weighted by atomic mass is 9.89. The molecule has 2 saturated heterocycles. The van der Waals surface area contributed by atoms with Gasteiger partial charge in [-0.1, -0.05) is 0 Å². The second-order valence-electron chi connectivity index (χ2n) is 8.45. The molecule has 0 spiro atoms. The summed E-state index contributed by atoms with van der Waals surface area (Å²) >= 11 is 0. The van der Waals surface area contributed by atoms with Crippen molar-refractivity contribution in [3.8, 4) is 11.5 Å². The first-order chi connectivity index (χ1) is 13.2. The first kappa shape index (κ1) is 18.6. The van der Waals surface area contributed by atoms with Crippen molar-refractivity contribution in [3.05, 3.63) is 23.8 Å². The van der Waals surface area contributed by atoms with Gasteiger partial charge in [0.1, 0.15) is 11.5 Å².